The second-order valence-corrected chi connectivity index (χ2v) is 6.21. The van der Waals surface area contributed by atoms with Crippen LogP contribution in [0.15, 0.2) is 12.1 Å². The largest absolute Gasteiger partial charge is 0.493 e. The number of nitrogens with two attached hydrogens (primary N) is 1. The van der Waals surface area contributed by atoms with Crippen molar-refractivity contribution in [2.24, 2.45) is 0 Å². The first kappa shape index (κ1) is 16.6. The van der Waals surface area contributed by atoms with Crippen LogP contribution in [-0.2, 0) is 4.74 Å². The van der Waals surface area contributed by atoms with Crippen molar-refractivity contribution < 1.29 is 14.2 Å². The van der Waals surface area contributed by atoms with Gasteiger partial charge in [0.05, 0.1) is 31.9 Å². The highest BCUT2D eigenvalue weighted by Gasteiger charge is 2.31. The fourth-order valence-corrected chi connectivity index (χ4v) is 2.92. The third kappa shape index (κ3) is 2.91. The number of nitrogens with zero attached hydrogens (tertiary/aromatic N) is 3. The number of ether oxygens (including phenoxy) is 3. The summed E-state index contributed by atoms with van der Waals surface area (Å²) in [4.78, 5) is 11.3. The summed E-state index contributed by atoms with van der Waals surface area (Å²) < 4.78 is 16.6. The van der Waals surface area contributed by atoms with Crippen LogP contribution in [0.4, 0.5) is 11.8 Å². The molecule has 7 nitrogen and oxygen atoms in total. The van der Waals surface area contributed by atoms with Crippen LogP contribution in [0, 0.1) is 0 Å². The zero-order chi connectivity index (χ0) is 17.3. The minimum absolute atomic E-state index is 0.192. The molecule has 0 saturated carbocycles. The Bertz CT molecular complexity index is 752. The summed E-state index contributed by atoms with van der Waals surface area (Å²) >= 11 is 0. The van der Waals surface area contributed by atoms with Crippen LogP contribution in [0.5, 0.6) is 11.5 Å². The number of aromatic nitrogens is 2. The summed E-state index contributed by atoms with van der Waals surface area (Å²) in [5.74, 6) is 2.28. The van der Waals surface area contributed by atoms with Gasteiger partial charge in [0, 0.05) is 24.5 Å². The second kappa shape index (κ2) is 6.32. The Hall–Kier alpha value is -2.28. The average molecular weight is 332 g/mol. The van der Waals surface area contributed by atoms with Crippen LogP contribution >= 0.6 is 0 Å². The third-order valence-electron chi connectivity index (χ3n) is 4.59. The quantitative estimate of drug-likeness (QED) is 0.919. The van der Waals surface area contributed by atoms with E-state index >= 15 is 0 Å². The first-order chi connectivity index (χ1) is 11.5. The Morgan fingerprint density at radius 3 is 2.62 bits per heavy atom. The van der Waals surface area contributed by atoms with E-state index in [1.165, 1.54) is 0 Å². The normalized spacial score (nSPS) is 21.1. The number of methoxy groups -OCH3 is 2. The molecule has 1 aromatic heterocycles. The molecule has 3 rings (SSSR count). The van der Waals surface area contributed by atoms with Gasteiger partial charge in [0.15, 0.2) is 11.5 Å². The first-order valence-electron chi connectivity index (χ1n) is 8.08. The van der Waals surface area contributed by atoms with Gasteiger partial charge in [0.1, 0.15) is 5.82 Å². The molecule has 1 atom stereocenters. The van der Waals surface area contributed by atoms with Crippen molar-refractivity contribution in [3.8, 4) is 11.5 Å². The zero-order valence-electron chi connectivity index (χ0n) is 14.6. The maximum Gasteiger partial charge on any atom is 0.228 e. The highest BCUT2D eigenvalue weighted by molar-refractivity contribution is 5.91. The van der Waals surface area contributed by atoms with Gasteiger partial charge in [-0.3, -0.25) is 0 Å². The van der Waals surface area contributed by atoms with Crippen molar-refractivity contribution in [3.05, 3.63) is 12.1 Å². The van der Waals surface area contributed by atoms with Crippen molar-refractivity contribution >= 4 is 22.7 Å². The van der Waals surface area contributed by atoms with Crippen LogP contribution < -0.4 is 20.1 Å². The van der Waals surface area contributed by atoms with Gasteiger partial charge in [0.2, 0.25) is 5.95 Å². The molecule has 1 aliphatic rings. The van der Waals surface area contributed by atoms with E-state index in [1.807, 2.05) is 12.1 Å². The van der Waals surface area contributed by atoms with Crippen molar-refractivity contribution in [1.82, 2.24) is 9.97 Å². The van der Waals surface area contributed by atoms with E-state index in [0.717, 1.165) is 30.4 Å². The fourth-order valence-electron chi connectivity index (χ4n) is 2.92. The van der Waals surface area contributed by atoms with Crippen LogP contribution in [0.25, 0.3) is 10.9 Å². The summed E-state index contributed by atoms with van der Waals surface area (Å²) in [5, 5.41) is 0.753. The number of benzene rings is 1. The lowest BCUT2D eigenvalue weighted by Gasteiger charge is -2.40. The predicted octanol–water partition coefficient (Wildman–Crippen LogP) is 2.23. The van der Waals surface area contributed by atoms with Crippen LogP contribution in [0.3, 0.4) is 0 Å². The van der Waals surface area contributed by atoms with E-state index in [4.69, 9.17) is 19.9 Å². The molecule has 0 spiro atoms. The van der Waals surface area contributed by atoms with E-state index in [2.05, 4.69) is 28.7 Å². The molecular formula is C17H24N4O3. The van der Waals surface area contributed by atoms with E-state index in [1.54, 1.807) is 14.2 Å². The summed E-state index contributed by atoms with van der Waals surface area (Å²) in [5.41, 5.74) is 6.72. The third-order valence-corrected chi connectivity index (χ3v) is 4.59. The minimum atomic E-state index is -0.192. The van der Waals surface area contributed by atoms with Gasteiger partial charge >= 0.3 is 0 Å². The molecule has 0 aliphatic carbocycles. The van der Waals surface area contributed by atoms with Crippen molar-refractivity contribution in [1.29, 1.82) is 0 Å². The molecule has 130 valence electrons. The number of hydrogen-bond donors (Lipinski definition) is 1. The Balaban J connectivity index is 2.04. The van der Waals surface area contributed by atoms with Crippen molar-refractivity contribution in [3.63, 3.8) is 0 Å². The fraction of sp³-hybridized carbons (Fsp3) is 0.529. The molecule has 1 saturated heterocycles. The molecule has 0 radical (unpaired) electrons. The van der Waals surface area contributed by atoms with E-state index in [-0.39, 0.29) is 5.60 Å². The van der Waals surface area contributed by atoms with Crippen molar-refractivity contribution in [2.75, 3.05) is 44.5 Å². The maximum absolute atomic E-state index is 6.17. The smallest absolute Gasteiger partial charge is 0.228 e. The van der Waals surface area contributed by atoms with Gasteiger partial charge in [-0.15, -0.1) is 0 Å². The average Bonchev–Trinajstić information content (AvgIpc) is 2.60. The van der Waals surface area contributed by atoms with Crippen LogP contribution in [-0.4, -0.2) is 49.5 Å². The van der Waals surface area contributed by atoms with E-state index < -0.39 is 0 Å². The number of nitrogen functional groups attached to an aromatic ring is 1. The Kier molecular flexibility index (Phi) is 4.36. The Labute approximate surface area is 141 Å². The lowest BCUT2D eigenvalue weighted by Crippen LogP contribution is -2.50. The molecule has 1 aliphatic heterocycles. The van der Waals surface area contributed by atoms with Crippen molar-refractivity contribution in [2.45, 2.75) is 25.9 Å². The zero-order valence-corrected chi connectivity index (χ0v) is 14.6. The monoisotopic (exact) mass is 332 g/mol. The molecular weight excluding hydrogens is 308 g/mol. The summed E-state index contributed by atoms with van der Waals surface area (Å²) in [6.07, 6.45) is 0.928. The predicted molar refractivity (Wildman–Crippen MR) is 93.9 cm³/mol. The molecule has 2 heterocycles. The topological polar surface area (TPSA) is 82.7 Å². The Morgan fingerprint density at radius 2 is 1.96 bits per heavy atom. The number of hydrogen-bond acceptors (Lipinski definition) is 7. The number of anilines is 2. The van der Waals surface area contributed by atoms with Gasteiger partial charge < -0.3 is 24.8 Å². The highest BCUT2D eigenvalue weighted by atomic mass is 16.5. The summed E-state index contributed by atoms with van der Waals surface area (Å²) in [7, 11) is 3.19. The first-order valence-corrected chi connectivity index (χ1v) is 8.08. The molecule has 1 fully saturated rings. The van der Waals surface area contributed by atoms with Crippen LogP contribution in [0.1, 0.15) is 20.3 Å². The molecule has 1 unspecified atom stereocenters. The van der Waals surface area contributed by atoms with Gasteiger partial charge in [0.25, 0.3) is 0 Å². The van der Waals surface area contributed by atoms with Crippen LogP contribution in [0.2, 0.25) is 0 Å². The number of morpholine rings is 1. The molecule has 2 N–H and O–H groups in total. The van der Waals surface area contributed by atoms with Gasteiger partial charge in [-0.2, -0.15) is 4.98 Å². The lowest BCUT2D eigenvalue weighted by atomic mass is 10.0. The van der Waals surface area contributed by atoms with E-state index in [0.29, 0.717) is 29.9 Å². The maximum atomic E-state index is 6.17. The number of fused-ring (bicyclic) bond motifs is 1. The lowest BCUT2D eigenvalue weighted by molar-refractivity contribution is -0.0445. The van der Waals surface area contributed by atoms with Gasteiger partial charge in [-0.1, -0.05) is 6.92 Å². The molecule has 0 bridgehead atoms. The highest BCUT2D eigenvalue weighted by Crippen LogP contribution is 2.34. The van der Waals surface area contributed by atoms with E-state index in [9.17, 15) is 0 Å². The molecule has 24 heavy (non-hydrogen) atoms. The molecule has 0 amide bonds. The SMILES string of the molecule is CCC1(C)CN(c2nc(N)c3cc(OC)c(OC)cc3n2)CCO1. The molecule has 7 heteroatoms. The summed E-state index contributed by atoms with van der Waals surface area (Å²) in [6.45, 7) is 6.36. The molecule has 1 aromatic carbocycles. The van der Waals surface area contributed by atoms with Gasteiger partial charge in [-0.25, -0.2) is 4.98 Å². The van der Waals surface area contributed by atoms with Gasteiger partial charge in [-0.05, 0) is 19.4 Å². The number of rotatable bonds is 4. The Morgan fingerprint density at radius 1 is 1.25 bits per heavy atom. The minimum Gasteiger partial charge on any atom is -0.493 e. The molecule has 2 aromatic rings. The summed E-state index contributed by atoms with van der Waals surface area (Å²) in [6, 6.07) is 3.64. The standard InChI is InChI=1S/C17H24N4O3/c1-5-17(2)10-21(6-7-24-17)16-19-12-9-14(23-4)13(22-3)8-11(12)15(18)20-16/h8-9H,5-7,10H2,1-4H3,(H2,18,19,20). The second-order valence-electron chi connectivity index (χ2n) is 6.21.